The molecule has 1 aliphatic carbocycles. The van der Waals surface area contributed by atoms with Crippen LogP contribution in [-0.4, -0.2) is 23.5 Å². The summed E-state index contributed by atoms with van der Waals surface area (Å²) in [5.41, 5.74) is 1.68. The van der Waals surface area contributed by atoms with Crippen LogP contribution in [0.5, 0.6) is 0 Å². The van der Waals surface area contributed by atoms with Gasteiger partial charge in [0, 0.05) is 18.2 Å². The third-order valence-electron chi connectivity index (χ3n) is 4.63. The number of fused-ring (bicyclic) bond motifs is 1. The molecule has 2 aliphatic rings. The molecule has 21 heavy (non-hydrogen) atoms. The van der Waals surface area contributed by atoms with E-state index in [1.807, 2.05) is 0 Å². The fourth-order valence-electron chi connectivity index (χ4n) is 3.39. The number of carboxylic acid groups (broad SMARTS) is 1. The number of aliphatic carboxylic acids is 1. The maximum atomic E-state index is 13.4. The third kappa shape index (κ3) is 2.64. The molecule has 1 amide bonds. The van der Waals surface area contributed by atoms with Gasteiger partial charge < -0.3 is 10.0 Å². The Labute approximate surface area is 122 Å². The summed E-state index contributed by atoms with van der Waals surface area (Å²) in [4.78, 5) is 25.2. The van der Waals surface area contributed by atoms with Crippen LogP contribution in [0.2, 0.25) is 0 Å². The van der Waals surface area contributed by atoms with Gasteiger partial charge in [-0.3, -0.25) is 9.59 Å². The molecule has 0 saturated heterocycles. The standard InChI is InChI=1S/C16H18FNO3/c17-13-6-5-10-7-8-18(14(10)9-13)15(19)11-1-3-12(4-2-11)16(20)21/h5-6,9,11-12H,1-4,7-8H2,(H,20,21). The van der Waals surface area contributed by atoms with Crippen LogP contribution in [-0.2, 0) is 16.0 Å². The fraction of sp³-hybridized carbons (Fsp3) is 0.500. The van der Waals surface area contributed by atoms with E-state index in [-0.39, 0.29) is 23.6 Å². The number of rotatable bonds is 2. The maximum Gasteiger partial charge on any atom is 0.306 e. The molecule has 0 spiro atoms. The molecule has 0 aromatic heterocycles. The van der Waals surface area contributed by atoms with E-state index in [4.69, 9.17) is 5.11 Å². The minimum atomic E-state index is -0.769. The van der Waals surface area contributed by atoms with Crippen molar-refractivity contribution < 1.29 is 19.1 Å². The molecule has 0 radical (unpaired) electrons. The first-order valence-electron chi connectivity index (χ1n) is 7.39. The van der Waals surface area contributed by atoms with Gasteiger partial charge in [0.25, 0.3) is 0 Å². The van der Waals surface area contributed by atoms with Crippen LogP contribution in [0.4, 0.5) is 10.1 Å². The normalized spacial score (nSPS) is 24.7. The molecule has 1 aromatic rings. The number of hydrogen-bond donors (Lipinski definition) is 1. The Bertz CT molecular complexity index is 579. The summed E-state index contributed by atoms with van der Waals surface area (Å²) >= 11 is 0. The predicted octanol–water partition coefficient (Wildman–Crippen LogP) is 2.61. The lowest BCUT2D eigenvalue weighted by Gasteiger charge is -2.29. The molecule has 0 atom stereocenters. The van der Waals surface area contributed by atoms with Crippen LogP contribution in [0.25, 0.3) is 0 Å². The van der Waals surface area contributed by atoms with E-state index in [0.717, 1.165) is 12.0 Å². The molecular weight excluding hydrogens is 273 g/mol. The Morgan fingerprint density at radius 2 is 1.81 bits per heavy atom. The van der Waals surface area contributed by atoms with E-state index in [9.17, 15) is 14.0 Å². The Morgan fingerprint density at radius 3 is 2.48 bits per heavy atom. The number of halogens is 1. The van der Waals surface area contributed by atoms with E-state index in [2.05, 4.69) is 0 Å². The number of anilines is 1. The number of hydrogen-bond acceptors (Lipinski definition) is 2. The minimum Gasteiger partial charge on any atom is -0.481 e. The van der Waals surface area contributed by atoms with Crippen molar-refractivity contribution in [2.24, 2.45) is 11.8 Å². The van der Waals surface area contributed by atoms with Crippen molar-refractivity contribution in [3.63, 3.8) is 0 Å². The molecule has 5 heteroatoms. The van der Waals surface area contributed by atoms with Crippen molar-refractivity contribution in [2.75, 3.05) is 11.4 Å². The van der Waals surface area contributed by atoms with Crippen molar-refractivity contribution in [1.29, 1.82) is 0 Å². The van der Waals surface area contributed by atoms with E-state index >= 15 is 0 Å². The highest BCUT2D eigenvalue weighted by Gasteiger charge is 2.34. The van der Waals surface area contributed by atoms with Gasteiger partial charge >= 0.3 is 5.97 Å². The molecule has 0 unspecified atom stereocenters. The monoisotopic (exact) mass is 291 g/mol. The van der Waals surface area contributed by atoms with Gasteiger partial charge in [-0.15, -0.1) is 0 Å². The van der Waals surface area contributed by atoms with Crippen molar-refractivity contribution in [3.05, 3.63) is 29.6 Å². The van der Waals surface area contributed by atoms with Gasteiger partial charge in [0.1, 0.15) is 5.82 Å². The van der Waals surface area contributed by atoms with Crippen LogP contribution in [0.1, 0.15) is 31.2 Å². The summed E-state index contributed by atoms with van der Waals surface area (Å²) < 4.78 is 13.4. The van der Waals surface area contributed by atoms with Crippen molar-refractivity contribution >= 4 is 17.6 Å². The Kier molecular flexibility index (Phi) is 3.66. The summed E-state index contributed by atoms with van der Waals surface area (Å²) in [5, 5.41) is 9.00. The highest BCUT2D eigenvalue weighted by Crippen LogP contribution is 2.35. The molecule has 1 aliphatic heterocycles. The second-order valence-electron chi connectivity index (χ2n) is 5.90. The highest BCUT2D eigenvalue weighted by atomic mass is 19.1. The average Bonchev–Trinajstić information content (AvgIpc) is 2.89. The van der Waals surface area contributed by atoms with Gasteiger partial charge in [-0.2, -0.15) is 0 Å². The first kappa shape index (κ1) is 14.0. The first-order chi connectivity index (χ1) is 10.1. The smallest absolute Gasteiger partial charge is 0.306 e. The van der Waals surface area contributed by atoms with Gasteiger partial charge in [-0.25, -0.2) is 4.39 Å². The zero-order chi connectivity index (χ0) is 15.0. The van der Waals surface area contributed by atoms with E-state index in [1.54, 1.807) is 11.0 Å². The molecule has 1 N–H and O–H groups in total. The minimum absolute atomic E-state index is 0.0168. The van der Waals surface area contributed by atoms with Crippen LogP contribution in [0, 0.1) is 17.7 Å². The van der Waals surface area contributed by atoms with Crippen LogP contribution < -0.4 is 4.90 Å². The number of amides is 1. The van der Waals surface area contributed by atoms with Gasteiger partial charge in [-0.1, -0.05) is 6.07 Å². The SMILES string of the molecule is O=C(O)C1CCC(C(=O)N2CCc3ccc(F)cc32)CC1. The molecule has 0 bridgehead atoms. The van der Waals surface area contributed by atoms with E-state index in [0.29, 0.717) is 37.9 Å². The average molecular weight is 291 g/mol. The van der Waals surface area contributed by atoms with Gasteiger partial charge in [-0.05, 0) is 49.8 Å². The lowest BCUT2D eigenvalue weighted by Crippen LogP contribution is -2.37. The maximum absolute atomic E-state index is 13.4. The molecule has 1 heterocycles. The second-order valence-corrected chi connectivity index (χ2v) is 5.90. The number of benzene rings is 1. The lowest BCUT2D eigenvalue weighted by molar-refractivity contribution is -0.144. The van der Waals surface area contributed by atoms with Crippen LogP contribution in [0.3, 0.4) is 0 Å². The fourth-order valence-corrected chi connectivity index (χ4v) is 3.39. The molecule has 3 rings (SSSR count). The summed E-state index contributed by atoms with van der Waals surface area (Å²) in [6.45, 7) is 0.594. The van der Waals surface area contributed by atoms with Gasteiger partial charge in [0.05, 0.1) is 5.92 Å². The topological polar surface area (TPSA) is 57.6 Å². The number of nitrogens with zero attached hydrogens (tertiary/aromatic N) is 1. The number of carbonyl (C=O) groups excluding carboxylic acids is 1. The predicted molar refractivity (Wildman–Crippen MR) is 75.5 cm³/mol. The van der Waals surface area contributed by atoms with E-state index in [1.165, 1.54) is 12.1 Å². The summed E-state index contributed by atoms with van der Waals surface area (Å²) in [6, 6.07) is 4.58. The molecule has 1 saturated carbocycles. The second kappa shape index (κ2) is 5.47. The summed E-state index contributed by atoms with van der Waals surface area (Å²) in [7, 11) is 0. The van der Waals surface area contributed by atoms with Crippen molar-refractivity contribution in [2.45, 2.75) is 32.1 Å². The number of carbonyl (C=O) groups is 2. The van der Waals surface area contributed by atoms with Crippen LogP contribution >= 0.6 is 0 Å². The molecule has 1 fully saturated rings. The van der Waals surface area contributed by atoms with Gasteiger partial charge in [0.2, 0.25) is 5.91 Å². The molecule has 4 nitrogen and oxygen atoms in total. The first-order valence-corrected chi connectivity index (χ1v) is 7.39. The Morgan fingerprint density at radius 1 is 1.14 bits per heavy atom. The zero-order valence-electron chi connectivity index (χ0n) is 11.7. The molecule has 112 valence electrons. The van der Waals surface area contributed by atoms with Crippen molar-refractivity contribution in [1.82, 2.24) is 0 Å². The van der Waals surface area contributed by atoms with Crippen molar-refractivity contribution in [3.8, 4) is 0 Å². The number of carboxylic acids is 1. The largest absolute Gasteiger partial charge is 0.481 e. The lowest BCUT2D eigenvalue weighted by atomic mass is 9.81. The summed E-state index contributed by atoms with van der Waals surface area (Å²) in [5.74, 6) is -1.53. The zero-order valence-corrected chi connectivity index (χ0v) is 11.7. The Hall–Kier alpha value is -1.91. The molecule has 1 aromatic carbocycles. The third-order valence-corrected chi connectivity index (χ3v) is 4.63. The highest BCUT2D eigenvalue weighted by molar-refractivity contribution is 5.97. The Balaban J connectivity index is 1.71. The quantitative estimate of drug-likeness (QED) is 0.911. The molecular formula is C16H18FNO3. The van der Waals surface area contributed by atoms with E-state index < -0.39 is 5.97 Å². The summed E-state index contributed by atoms with van der Waals surface area (Å²) in [6.07, 6.45) is 3.07. The van der Waals surface area contributed by atoms with Crippen LogP contribution in [0.15, 0.2) is 18.2 Å². The van der Waals surface area contributed by atoms with Gasteiger partial charge in [0.15, 0.2) is 0 Å².